The molecule has 1 aliphatic heterocycles. The molecular formula is C38H62O5. The number of hydrogen-bond acceptors (Lipinski definition) is 5. The van der Waals surface area contributed by atoms with Crippen LogP contribution in [0.15, 0.2) is 24.3 Å². The maximum absolute atomic E-state index is 12.4. The lowest BCUT2D eigenvalue weighted by molar-refractivity contribution is 0.0561. The van der Waals surface area contributed by atoms with Crippen molar-refractivity contribution in [2.24, 2.45) is 23.7 Å². The first-order valence-corrected chi connectivity index (χ1v) is 18.4. The Morgan fingerprint density at radius 3 is 1.79 bits per heavy atom. The molecule has 3 aliphatic rings. The third-order valence-corrected chi connectivity index (χ3v) is 10.5. The summed E-state index contributed by atoms with van der Waals surface area (Å²) in [6.45, 7) is 5.27. The number of epoxide rings is 1. The number of ether oxygens (including phenoxy) is 4. The zero-order valence-corrected chi connectivity index (χ0v) is 27.6. The Balaban J connectivity index is 1.02. The van der Waals surface area contributed by atoms with E-state index in [1.165, 1.54) is 135 Å². The van der Waals surface area contributed by atoms with E-state index in [9.17, 15) is 4.79 Å². The Bertz CT molecular complexity index is 869. The van der Waals surface area contributed by atoms with Crippen LogP contribution in [0.3, 0.4) is 0 Å². The lowest BCUT2D eigenvalue weighted by Crippen LogP contribution is -2.28. The third kappa shape index (κ3) is 12.6. The molecular weight excluding hydrogens is 536 g/mol. The smallest absolute Gasteiger partial charge is 0.494 e. The molecule has 2 aliphatic carbocycles. The fraction of sp³-hybridized carbons (Fsp3) is 0.816. The van der Waals surface area contributed by atoms with Crippen molar-refractivity contribution in [2.45, 2.75) is 167 Å². The van der Waals surface area contributed by atoms with Gasteiger partial charge in [-0.25, -0.2) is 4.79 Å². The summed E-state index contributed by atoms with van der Waals surface area (Å²) in [6.07, 6.45) is 28.5. The maximum Gasteiger partial charge on any atom is 0.516 e. The van der Waals surface area contributed by atoms with Crippen LogP contribution < -0.4 is 9.47 Å². The van der Waals surface area contributed by atoms with Crippen LogP contribution in [0.5, 0.6) is 11.5 Å². The van der Waals surface area contributed by atoms with Crippen LogP contribution in [-0.2, 0) is 9.47 Å². The SMILES string of the molecule is CCCCCCCCCCOc1ccc(OC(=O)O[C@H]2O[C@H]2C2CCC(C3CCC(CCCCCCC)CC3)CC2)cc1. The summed E-state index contributed by atoms with van der Waals surface area (Å²) in [5.74, 6) is 4.58. The Hall–Kier alpha value is -1.75. The highest BCUT2D eigenvalue weighted by Gasteiger charge is 2.49. The molecule has 0 spiro atoms. The van der Waals surface area contributed by atoms with E-state index in [1.807, 2.05) is 12.1 Å². The van der Waals surface area contributed by atoms with Gasteiger partial charge in [-0.15, -0.1) is 0 Å². The van der Waals surface area contributed by atoms with Gasteiger partial charge in [-0.05, 0) is 92.9 Å². The fourth-order valence-electron chi connectivity index (χ4n) is 7.71. The molecule has 0 radical (unpaired) electrons. The summed E-state index contributed by atoms with van der Waals surface area (Å²) in [5, 5.41) is 0. The van der Waals surface area contributed by atoms with E-state index in [0.29, 0.717) is 11.7 Å². The van der Waals surface area contributed by atoms with Crippen molar-refractivity contribution in [3.8, 4) is 11.5 Å². The molecule has 0 N–H and O–H groups in total. The van der Waals surface area contributed by atoms with Gasteiger partial charge in [0.2, 0.25) is 6.29 Å². The zero-order valence-electron chi connectivity index (χ0n) is 27.6. The number of hydrogen-bond donors (Lipinski definition) is 0. The number of unbranched alkanes of at least 4 members (excludes halogenated alkanes) is 11. The van der Waals surface area contributed by atoms with Crippen LogP contribution in [-0.4, -0.2) is 25.2 Å². The van der Waals surface area contributed by atoms with Gasteiger partial charge in [0.05, 0.1) is 6.61 Å². The molecule has 244 valence electrons. The second kappa shape index (κ2) is 19.6. The molecule has 1 heterocycles. The van der Waals surface area contributed by atoms with Crippen LogP contribution in [0, 0.1) is 23.7 Å². The van der Waals surface area contributed by atoms with E-state index >= 15 is 0 Å². The van der Waals surface area contributed by atoms with Crippen LogP contribution in [0.4, 0.5) is 4.79 Å². The van der Waals surface area contributed by atoms with Crippen LogP contribution in [0.1, 0.15) is 155 Å². The molecule has 5 nitrogen and oxygen atoms in total. The molecule has 1 aromatic rings. The standard InChI is InChI=1S/C38H62O5/c1-3-5-7-9-10-11-13-15-29-40-34-25-27-35(28-26-34)41-38(39)43-37-36(42-37)33-23-21-32(22-24-33)31-19-17-30(18-20-31)16-14-12-8-6-4-2/h25-28,30-33,36-37H,3-24,29H2,1-2H3/t30?,31?,32?,33?,36-,37+/m0/s1. The molecule has 3 fully saturated rings. The number of rotatable bonds is 20. The first-order chi connectivity index (χ1) is 21.2. The normalized spacial score (nSPS) is 27.0. The highest BCUT2D eigenvalue weighted by Crippen LogP contribution is 2.46. The Morgan fingerprint density at radius 2 is 1.16 bits per heavy atom. The zero-order chi connectivity index (χ0) is 30.1. The average molecular weight is 599 g/mol. The van der Waals surface area contributed by atoms with Gasteiger partial charge in [0, 0.05) is 0 Å². The van der Waals surface area contributed by atoms with E-state index in [1.54, 1.807) is 12.1 Å². The van der Waals surface area contributed by atoms with Crippen molar-refractivity contribution < 1.29 is 23.7 Å². The quantitative estimate of drug-likeness (QED) is 0.0646. The van der Waals surface area contributed by atoms with Crippen LogP contribution in [0.25, 0.3) is 0 Å². The Labute approximate surface area is 263 Å². The maximum atomic E-state index is 12.4. The van der Waals surface area contributed by atoms with Crippen molar-refractivity contribution in [3.05, 3.63) is 24.3 Å². The van der Waals surface area contributed by atoms with Gasteiger partial charge in [-0.3, -0.25) is 0 Å². The topological polar surface area (TPSA) is 57.3 Å². The Kier molecular flexibility index (Phi) is 15.6. The van der Waals surface area contributed by atoms with Gasteiger partial charge >= 0.3 is 6.16 Å². The van der Waals surface area contributed by atoms with Crippen molar-refractivity contribution in [1.82, 2.24) is 0 Å². The lowest BCUT2D eigenvalue weighted by atomic mass is 9.68. The van der Waals surface area contributed by atoms with Gasteiger partial charge in [-0.2, -0.15) is 0 Å². The highest BCUT2D eigenvalue weighted by molar-refractivity contribution is 5.64. The van der Waals surface area contributed by atoms with E-state index in [4.69, 9.17) is 18.9 Å². The Morgan fingerprint density at radius 1 is 0.651 bits per heavy atom. The van der Waals surface area contributed by atoms with Crippen molar-refractivity contribution >= 4 is 6.16 Å². The van der Waals surface area contributed by atoms with Crippen LogP contribution in [0.2, 0.25) is 0 Å². The van der Waals surface area contributed by atoms with E-state index < -0.39 is 12.4 Å². The summed E-state index contributed by atoms with van der Waals surface area (Å²) in [4.78, 5) is 12.4. The van der Waals surface area contributed by atoms with Crippen molar-refractivity contribution in [2.75, 3.05) is 6.61 Å². The lowest BCUT2D eigenvalue weighted by Gasteiger charge is -2.37. The second-order valence-electron chi connectivity index (χ2n) is 13.9. The van der Waals surface area contributed by atoms with Crippen molar-refractivity contribution in [3.63, 3.8) is 0 Å². The monoisotopic (exact) mass is 598 g/mol. The minimum atomic E-state index is -0.684. The number of benzene rings is 1. The summed E-state index contributed by atoms with van der Waals surface area (Å²) in [5.41, 5.74) is 0. The molecule has 0 amide bonds. The summed E-state index contributed by atoms with van der Waals surface area (Å²) < 4.78 is 22.5. The summed E-state index contributed by atoms with van der Waals surface area (Å²) >= 11 is 0. The van der Waals surface area contributed by atoms with Crippen molar-refractivity contribution in [1.29, 1.82) is 0 Å². The van der Waals surface area contributed by atoms with E-state index in [-0.39, 0.29) is 6.10 Å². The molecule has 0 bridgehead atoms. The van der Waals surface area contributed by atoms with Crippen LogP contribution >= 0.6 is 0 Å². The van der Waals surface area contributed by atoms with Gasteiger partial charge < -0.3 is 18.9 Å². The molecule has 2 atom stereocenters. The molecule has 0 unspecified atom stereocenters. The molecule has 1 saturated heterocycles. The highest BCUT2D eigenvalue weighted by atomic mass is 16.8. The van der Waals surface area contributed by atoms with Gasteiger partial charge in [0.1, 0.15) is 17.6 Å². The predicted molar refractivity (Wildman–Crippen MR) is 175 cm³/mol. The van der Waals surface area contributed by atoms with E-state index in [2.05, 4.69) is 13.8 Å². The molecule has 4 rings (SSSR count). The molecule has 1 aromatic carbocycles. The first kappa shape index (κ1) is 34.1. The third-order valence-electron chi connectivity index (χ3n) is 10.5. The minimum Gasteiger partial charge on any atom is -0.494 e. The molecule has 5 heteroatoms. The second-order valence-corrected chi connectivity index (χ2v) is 13.9. The fourth-order valence-corrected chi connectivity index (χ4v) is 7.71. The van der Waals surface area contributed by atoms with E-state index in [0.717, 1.165) is 36.5 Å². The molecule has 2 saturated carbocycles. The molecule has 0 aromatic heterocycles. The minimum absolute atomic E-state index is 0.0454. The first-order valence-electron chi connectivity index (χ1n) is 18.4. The largest absolute Gasteiger partial charge is 0.516 e. The molecule has 43 heavy (non-hydrogen) atoms. The summed E-state index contributed by atoms with van der Waals surface area (Å²) in [7, 11) is 0. The van der Waals surface area contributed by atoms with Gasteiger partial charge in [-0.1, -0.05) is 110 Å². The number of carbonyl (C=O) groups excluding carboxylic acids is 1. The summed E-state index contributed by atoms with van der Waals surface area (Å²) in [6, 6.07) is 7.22. The van der Waals surface area contributed by atoms with Gasteiger partial charge in [0.15, 0.2) is 0 Å². The van der Waals surface area contributed by atoms with Gasteiger partial charge in [0.25, 0.3) is 0 Å². The average Bonchev–Trinajstić information content (AvgIpc) is 3.80. The predicted octanol–water partition coefficient (Wildman–Crippen LogP) is 11.4. The number of carbonyl (C=O) groups is 1.